The van der Waals surface area contributed by atoms with E-state index in [1.165, 1.54) is 5.56 Å². The number of nitrogens with zero attached hydrogens (tertiary/aromatic N) is 2. The van der Waals surface area contributed by atoms with Crippen molar-refractivity contribution in [2.24, 2.45) is 0 Å². The molecule has 0 atom stereocenters. The predicted molar refractivity (Wildman–Crippen MR) is 85.8 cm³/mol. The zero-order valence-electron chi connectivity index (χ0n) is 11.8. The number of fused-ring (bicyclic) bond motifs is 1. The number of aromatic nitrogens is 2. The summed E-state index contributed by atoms with van der Waals surface area (Å²) in [5.41, 5.74) is 3.09. The maximum absolute atomic E-state index is 6.05. The number of halogens is 1. The summed E-state index contributed by atoms with van der Waals surface area (Å²) in [6.07, 6.45) is 0. The minimum atomic E-state index is 0.365. The predicted octanol–water partition coefficient (Wildman–Crippen LogP) is 3.90. The van der Waals surface area contributed by atoms with Crippen molar-refractivity contribution >= 4 is 34.0 Å². The first-order chi connectivity index (χ1) is 10.3. The van der Waals surface area contributed by atoms with E-state index in [0.717, 1.165) is 23.4 Å². The highest BCUT2D eigenvalue weighted by Gasteiger charge is 2.15. The van der Waals surface area contributed by atoms with Gasteiger partial charge in [0, 0.05) is 12.1 Å². The van der Waals surface area contributed by atoms with E-state index < -0.39 is 0 Å². The molecule has 0 radical (unpaired) electrons. The quantitative estimate of drug-likeness (QED) is 0.668. The van der Waals surface area contributed by atoms with Gasteiger partial charge in [-0.1, -0.05) is 0 Å². The lowest BCUT2D eigenvalue weighted by Gasteiger charge is -2.09. The Balaban J connectivity index is 2.16. The van der Waals surface area contributed by atoms with Crippen molar-refractivity contribution in [2.45, 2.75) is 12.4 Å². The van der Waals surface area contributed by atoms with E-state index in [2.05, 4.69) is 26.4 Å². The summed E-state index contributed by atoms with van der Waals surface area (Å²) in [6.45, 7) is 0.748. The minimum Gasteiger partial charge on any atom is -0.493 e. The van der Waals surface area contributed by atoms with Crippen LogP contribution < -0.4 is 9.47 Å². The summed E-state index contributed by atoms with van der Waals surface area (Å²) in [7, 11) is 3.25. The lowest BCUT2D eigenvalue weighted by Crippen LogP contribution is -2.03. The van der Waals surface area contributed by atoms with Gasteiger partial charge < -0.3 is 14.0 Å². The highest BCUT2D eigenvalue weighted by molar-refractivity contribution is 7.07. The molecule has 2 heterocycles. The average Bonchev–Trinajstić information content (AvgIpc) is 3.14. The molecule has 0 spiro atoms. The Morgan fingerprint density at radius 3 is 2.62 bits per heavy atom. The summed E-state index contributed by atoms with van der Waals surface area (Å²) >= 11 is 7.73. The lowest BCUT2D eigenvalue weighted by atomic mass is 10.2. The van der Waals surface area contributed by atoms with E-state index in [9.17, 15) is 0 Å². The first-order valence-electron chi connectivity index (χ1n) is 6.45. The molecule has 1 aromatic carbocycles. The molecule has 0 N–H and O–H groups in total. The molecule has 4 nitrogen and oxygen atoms in total. The fourth-order valence-electron chi connectivity index (χ4n) is 2.35. The highest BCUT2D eigenvalue weighted by Crippen LogP contribution is 2.33. The smallest absolute Gasteiger partial charge is 0.163 e. The second kappa shape index (κ2) is 5.95. The van der Waals surface area contributed by atoms with E-state index in [0.29, 0.717) is 17.4 Å². The van der Waals surface area contributed by atoms with Crippen LogP contribution in [0, 0.1) is 0 Å². The molecule has 110 valence electrons. The largest absolute Gasteiger partial charge is 0.493 e. The number of hydrogen-bond donors (Lipinski definition) is 0. The molecule has 0 unspecified atom stereocenters. The second-order valence-electron chi connectivity index (χ2n) is 4.58. The number of imidazole rings is 1. The lowest BCUT2D eigenvalue weighted by molar-refractivity contribution is 0.355. The summed E-state index contributed by atoms with van der Waals surface area (Å²) in [5, 5.41) is 4.20. The summed E-state index contributed by atoms with van der Waals surface area (Å²) in [6, 6.07) is 5.94. The second-order valence-corrected chi connectivity index (χ2v) is 5.62. The first kappa shape index (κ1) is 14.2. The number of ether oxygens (including phenoxy) is 2. The third-order valence-electron chi connectivity index (χ3n) is 3.37. The van der Waals surface area contributed by atoms with Gasteiger partial charge in [0.05, 0.1) is 37.7 Å². The van der Waals surface area contributed by atoms with Crippen LogP contribution in [0.25, 0.3) is 11.0 Å². The van der Waals surface area contributed by atoms with Crippen molar-refractivity contribution in [1.82, 2.24) is 9.55 Å². The molecule has 0 aliphatic carbocycles. The summed E-state index contributed by atoms with van der Waals surface area (Å²) in [5.74, 6) is 2.57. The van der Waals surface area contributed by atoms with Crippen LogP contribution in [0.1, 0.15) is 11.4 Å². The highest BCUT2D eigenvalue weighted by atomic mass is 35.5. The number of methoxy groups -OCH3 is 2. The van der Waals surface area contributed by atoms with Gasteiger partial charge in [0.1, 0.15) is 5.82 Å². The summed E-state index contributed by atoms with van der Waals surface area (Å²) in [4.78, 5) is 4.59. The van der Waals surface area contributed by atoms with Gasteiger partial charge in [0.2, 0.25) is 0 Å². The van der Waals surface area contributed by atoms with E-state index in [4.69, 9.17) is 21.1 Å². The molecular formula is C15H15ClN2O2S. The van der Waals surface area contributed by atoms with Crippen LogP contribution in [0.3, 0.4) is 0 Å². The number of alkyl halides is 1. The van der Waals surface area contributed by atoms with Gasteiger partial charge >= 0.3 is 0 Å². The zero-order chi connectivity index (χ0) is 14.8. The SMILES string of the molecule is COc1cc2nc(CCl)n(Cc3ccsc3)c2cc1OC. The molecule has 21 heavy (non-hydrogen) atoms. The monoisotopic (exact) mass is 322 g/mol. The fourth-order valence-corrected chi connectivity index (χ4v) is 3.21. The Morgan fingerprint density at radius 1 is 1.24 bits per heavy atom. The van der Waals surface area contributed by atoms with Crippen molar-refractivity contribution in [3.63, 3.8) is 0 Å². The van der Waals surface area contributed by atoms with Crippen LogP contribution in [0.2, 0.25) is 0 Å². The van der Waals surface area contributed by atoms with E-state index in [1.807, 2.05) is 12.1 Å². The van der Waals surface area contributed by atoms with Crippen molar-refractivity contribution in [2.75, 3.05) is 14.2 Å². The van der Waals surface area contributed by atoms with E-state index in [1.54, 1.807) is 25.6 Å². The van der Waals surface area contributed by atoms with Crippen molar-refractivity contribution < 1.29 is 9.47 Å². The minimum absolute atomic E-state index is 0.365. The Labute approximate surface area is 131 Å². The zero-order valence-corrected chi connectivity index (χ0v) is 13.4. The van der Waals surface area contributed by atoms with Crippen LogP contribution in [0.4, 0.5) is 0 Å². The van der Waals surface area contributed by atoms with Gasteiger partial charge in [-0.05, 0) is 22.4 Å². The molecule has 0 saturated heterocycles. The number of thiophene rings is 1. The van der Waals surface area contributed by atoms with Crippen LogP contribution in [-0.4, -0.2) is 23.8 Å². The molecule has 6 heteroatoms. The van der Waals surface area contributed by atoms with Gasteiger partial charge in [-0.2, -0.15) is 11.3 Å². The van der Waals surface area contributed by atoms with Crippen LogP contribution in [0.5, 0.6) is 11.5 Å². The maximum Gasteiger partial charge on any atom is 0.163 e. The Hall–Kier alpha value is -1.72. The Bertz CT molecular complexity index is 753. The summed E-state index contributed by atoms with van der Waals surface area (Å²) < 4.78 is 12.8. The molecule has 0 bridgehead atoms. The normalized spacial score (nSPS) is 11.0. The van der Waals surface area contributed by atoms with Gasteiger partial charge in [0.15, 0.2) is 11.5 Å². The first-order valence-corrected chi connectivity index (χ1v) is 7.92. The van der Waals surface area contributed by atoms with E-state index >= 15 is 0 Å². The van der Waals surface area contributed by atoms with Crippen molar-refractivity contribution in [3.8, 4) is 11.5 Å². The Kier molecular flexibility index (Phi) is 4.03. The molecular weight excluding hydrogens is 308 g/mol. The molecule has 2 aromatic heterocycles. The third kappa shape index (κ3) is 2.59. The van der Waals surface area contributed by atoms with Gasteiger partial charge in [0.25, 0.3) is 0 Å². The van der Waals surface area contributed by atoms with Crippen molar-refractivity contribution in [3.05, 3.63) is 40.3 Å². The average molecular weight is 323 g/mol. The van der Waals surface area contributed by atoms with Crippen LogP contribution in [-0.2, 0) is 12.4 Å². The molecule has 3 aromatic rings. The van der Waals surface area contributed by atoms with Gasteiger partial charge in [-0.25, -0.2) is 4.98 Å². The molecule has 0 fully saturated rings. The van der Waals surface area contributed by atoms with E-state index in [-0.39, 0.29) is 0 Å². The molecule has 0 saturated carbocycles. The maximum atomic E-state index is 6.05. The van der Waals surface area contributed by atoms with Crippen LogP contribution >= 0.6 is 22.9 Å². The Morgan fingerprint density at radius 2 is 2.00 bits per heavy atom. The molecule has 0 amide bonds. The molecule has 0 aliphatic heterocycles. The van der Waals surface area contributed by atoms with Crippen LogP contribution in [0.15, 0.2) is 29.0 Å². The van der Waals surface area contributed by atoms with Crippen molar-refractivity contribution in [1.29, 1.82) is 0 Å². The number of benzene rings is 1. The topological polar surface area (TPSA) is 36.3 Å². The van der Waals surface area contributed by atoms with Gasteiger partial charge in [-0.3, -0.25) is 0 Å². The fraction of sp³-hybridized carbons (Fsp3) is 0.267. The molecule has 3 rings (SSSR count). The number of rotatable bonds is 5. The number of hydrogen-bond acceptors (Lipinski definition) is 4. The van der Waals surface area contributed by atoms with Gasteiger partial charge in [-0.15, -0.1) is 11.6 Å². The standard InChI is InChI=1S/C15H15ClN2O2S/c1-19-13-5-11-12(6-14(13)20-2)18(15(7-16)17-11)8-10-3-4-21-9-10/h3-6,9H,7-8H2,1-2H3. The molecule has 0 aliphatic rings. The third-order valence-corrected chi connectivity index (χ3v) is 4.34.